The summed E-state index contributed by atoms with van der Waals surface area (Å²) in [6, 6.07) is 7.84. The second-order valence-corrected chi connectivity index (χ2v) is 6.25. The van der Waals surface area contributed by atoms with Crippen LogP contribution >= 0.6 is 11.3 Å². The molecule has 6 nitrogen and oxygen atoms in total. The lowest BCUT2D eigenvalue weighted by molar-refractivity contribution is -0.119. The number of thiophene rings is 1. The number of methoxy groups -OCH3 is 1. The van der Waals surface area contributed by atoms with E-state index in [4.69, 9.17) is 19.9 Å². The van der Waals surface area contributed by atoms with Gasteiger partial charge in [0.1, 0.15) is 0 Å². The zero-order valence-corrected chi connectivity index (χ0v) is 13.6. The van der Waals surface area contributed by atoms with Crippen molar-refractivity contribution in [3.8, 4) is 17.2 Å². The summed E-state index contributed by atoms with van der Waals surface area (Å²) in [6.07, 6.45) is 0. The number of amides is 1. The molecule has 7 heteroatoms. The van der Waals surface area contributed by atoms with Gasteiger partial charge in [0.05, 0.1) is 13.7 Å². The second-order valence-electron chi connectivity index (χ2n) is 5.22. The van der Waals surface area contributed by atoms with Crippen LogP contribution in [0.1, 0.15) is 10.4 Å². The number of nitrogens with zero attached hydrogens (tertiary/aromatic N) is 1. The van der Waals surface area contributed by atoms with Crippen molar-refractivity contribution in [2.24, 2.45) is 5.73 Å². The lowest BCUT2D eigenvalue weighted by Gasteiger charge is -2.20. The Hall–Kier alpha value is -2.25. The van der Waals surface area contributed by atoms with Crippen molar-refractivity contribution in [3.63, 3.8) is 0 Å². The molecule has 0 radical (unpaired) electrons. The Morgan fingerprint density at radius 3 is 2.96 bits per heavy atom. The Morgan fingerprint density at radius 1 is 1.39 bits per heavy atom. The molecule has 2 aromatic rings. The van der Waals surface area contributed by atoms with Crippen LogP contribution in [0, 0.1) is 0 Å². The van der Waals surface area contributed by atoms with E-state index < -0.39 is 0 Å². The maximum atomic E-state index is 11.4. The van der Waals surface area contributed by atoms with Gasteiger partial charge in [0.15, 0.2) is 11.5 Å². The molecule has 0 aliphatic carbocycles. The highest BCUT2D eigenvalue weighted by molar-refractivity contribution is 7.09. The molecular weight excluding hydrogens is 316 g/mol. The number of rotatable bonds is 7. The highest BCUT2D eigenvalue weighted by atomic mass is 32.1. The predicted octanol–water partition coefficient (Wildman–Crippen LogP) is 1.97. The molecule has 0 saturated carbocycles. The Bertz CT molecular complexity index is 688. The molecule has 0 unspecified atom stereocenters. The van der Waals surface area contributed by atoms with Crippen molar-refractivity contribution in [1.82, 2.24) is 4.90 Å². The lowest BCUT2D eigenvalue weighted by Crippen LogP contribution is -2.32. The van der Waals surface area contributed by atoms with Crippen LogP contribution in [0.15, 0.2) is 29.6 Å². The van der Waals surface area contributed by atoms with E-state index in [1.807, 2.05) is 34.5 Å². The van der Waals surface area contributed by atoms with Crippen LogP contribution in [0.2, 0.25) is 0 Å². The van der Waals surface area contributed by atoms with Gasteiger partial charge in [-0.05, 0) is 29.1 Å². The van der Waals surface area contributed by atoms with Gasteiger partial charge >= 0.3 is 0 Å². The van der Waals surface area contributed by atoms with Crippen LogP contribution in [0.4, 0.5) is 0 Å². The van der Waals surface area contributed by atoms with E-state index in [1.165, 1.54) is 4.88 Å². The molecule has 122 valence electrons. The Balaban J connectivity index is 1.80. The molecule has 0 atom stereocenters. The third-order valence-corrected chi connectivity index (χ3v) is 4.32. The van der Waals surface area contributed by atoms with Crippen molar-refractivity contribution in [3.05, 3.63) is 40.1 Å². The first-order chi connectivity index (χ1) is 11.2. The molecule has 1 aromatic heterocycles. The Morgan fingerprint density at radius 2 is 2.26 bits per heavy atom. The van der Waals surface area contributed by atoms with E-state index in [9.17, 15) is 4.79 Å². The van der Waals surface area contributed by atoms with Gasteiger partial charge in [-0.3, -0.25) is 9.69 Å². The summed E-state index contributed by atoms with van der Waals surface area (Å²) >= 11 is 1.65. The molecule has 1 amide bonds. The van der Waals surface area contributed by atoms with Gasteiger partial charge in [-0.15, -0.1) is 11.3 Å². The minimum atomic E-state index is -0.353. The minimum absolute atomic E-state index is 0.189. The van der Waals surface area contributed by atoms with Gasteiger partial charge in [0.2, 0.25) is 18.4 Å². The van der Waals surface area contributed by atoms with Gasteiger partial charge in [-0.1, -0.05) is 6.07 Å². The monoisotopic (exact) mass is 334 g/mol. The first-order valence-corrected chi connectivity index (χ1v) is 8.03. The van der Waals surface area contributed by atoms with Gasteiger partial charge in [0.25, 0.3) is 0 Å². The molecule has 0 spiro atoms. The highest BCUT2D eigenvalue weighted by Gasteiger charge is 2.21. The van der Waals surface area contributed by atoms with E-state index >= 15 is 0 Å². The van der Waals surface area contributed by atoms with E-state index in [0.29, 0.717) is 30.3 Å². The van der Waals surface area contributed by atoms with Crippen molar-refractivity contribution < 1.29 is 19.0 Å². The normalized spacial score (nSPS) is 12.6. The summed E-state index contributed by atoms with van der Waals surface area (Å²) in [5, 5.41) is 2.02. The zero-order chi connectivity index (χ0) is 16.2. The molecular formula is C16H18N2O4S. The van der Waals surface area contributed by atoms with Crippen LogP contribution in [-0.4, -0.2) is 31.3 Å². The fraction of sp³-hybridized carbons (Fsp3) is 0.312. The number of hydrogen-bond acceptors (Lipinski definition) is 6. The molecule has 2 N–H and O–H groups in total. The van der Waals surface area contributed by atoms with Crippen LogP contribution in [-0.2, 0) is 17.9 Å². The first kappa shape index (κ1) is 15.6. The number of hydrogen-bond donors (Lipinski definition) is 1. The third-order valence-electron chi connectivity index (χ3n) is 3.46. The molecule has 0 bridgehead atoms. The van der Waals surface area contributed by atoms with Gasteiger partial charge < -0.3 is 19.9 Å². The predicted molar refractivity (Wildman–Crippen MR) is 86.7 cm³/mol. The van der Waals surface area contributed by atoms with Crippen LogP contribution in [0.25, 0.3) is 0 Å². The summed E-state index contributed by atoms with van der Waals surface area (Å²) in [7, 11) is 1.59. The lowest BCUT2D eigenvalue weighted by atomic mass is 10.1. The second kappa shape index (κ2) is 6.89. The van der Waals surface area contributed by atoms with E-state index in [0.717, 1.165) is 5.56 Å². The average molecular weight is 334 g/mol. The van der Waals surface area contributed by atoms with Gasteiger partial charge in [-0.25, -0.2) is 0 Å². The van der Waals surface area contributed by atoms with Gasteiger partial charge in [0, 0.05) is 18.0 Å². The summed E-state index contributed by atoms with van der Waals surface area (Å²) < 4.78 is 16.2. The number of nitrogens with two attached hydrogens (primary N) is 1. The van der Waals surface area contributed by atoms with E-state index in [2.05, 4.69) is 0 Å². The summed E-state index contributed by atoms with van der Waals surface area (Å²) in [6.45, 7) is 1.61. The summed E-state index contributed by atoms with van der Waals surface area (Å²) in [4.78, 5) is 14.5. The molecule has 1 aliphatic rings. The van der Waals surface area contributed by atoms with Crippen molar-refractivity contribution in [1.29, 1.82) is 0 Å². The molecule has 23 heavy (non-hydrogen) atoms. The summed E-state index contributed by atoms with van der Waals surface area (Å²) in [5.41, 5.74) is 6.35. The molecule has 1 aromatic carbocycles. The largest absolute Gasteiger partial charge is 0.493 e. The van der Waals surface area contributed by atoms with E-state index in [-0.39, 0.29) is 19.2 Å². The van der Waals surface area contributed by atoms with Crippen LogP contribution in [0.5, 0.6) is 17.2 Å². The molecule has 0 saturated heterocycles. The topological polar surface area (TPSA) is 74.0 Å². The number of fused-ring (bicyclic) bond motifs is 1. The SMILES string of the molecule is COc1cc(CN(CC(N)=O)Cc2cccs2)cc2c1OCO2. The fourth-order valence-electron chi connectivity index (χ4n) is 2.54. The standard InChI is InChI=1S/C16H18N2O4S/c1-20-13-5-11(6-14-16(13)22-10-21-14)7-18(9-15(17)19)8-12-3-2-4-23-12/h2-6H,7-10H2,1H3,(H2,17,19). The number of ether oxygens (including phenoxy) is 3. The average Bonchev–Trinajstić information content (AvgIpc) is 3.16. The Labute approximate surface area is 138 Å². The third kappa shape index (κ3) is 3.75. The minimum Gasteiger partial charge on any atom is -0.493 e. The number of carbonyl (C=O) groups excluding carboxylic acids is 1. The Kier molecular flexibility index (Phi) is 4.68. The van der Waals surface area contributed by atoms with Gasteiger partial charge in [-0.2, -0.15) is 0 Å². The molecule has 0 fully saturated rings. The molecule has 1 aliphatic heterocycles. The molecule has 2 heterocycles. The smallest absolute Gasteiger partial charge is 0.231 e. The van der Waals surface area contributed by atoms with E-state index in [1.54, 1.807) is 18.4 Å². The number of primary amides is 1. The first-order valence-electron chi connectivity index (χ1n) is 7.15. The van der Waals surface area contributed by atoms with Crippen LogP contribution in [0.3, 0.4) is 0 Å². The van der Waals surface area contributed by atoms with Crippen molar-refractivity contribution in [2.75, 3.05) is 20.4 Å². The zero-order valence-electron chi connectivity index (χ0n) is 12.8. The van der Waals surface area contributed by atoms with Crippen molar-refractivity contribution >= 4 is 17.2 Å². The van der Waals surface area contributed by atoms with Crippen LogP contribution < -0.4 is 19.9 Å². The molecule has 3 rings (SSSR count). The highest BCUT2D eigenvalue weighted by Crippen LogP contribution is 2.42. The number of benzene rings is 1. The fourth-order valence-corrected chi connectivity index (χ4v) is 3.29. The quantitative estimate of drug-likeness (QED) is 0.838. The van der Waals surface area contributed by atoms with Crippen molar-refractivity contribution in [2.45, 2.75) is 13.1 Å². The maximum absolute atomic E-state index is 11.4. The maximum Gasteiger partial charge on any atom is 0.231 e. The summed E-state index contributed by atoms with van der Waals surface area (Å²) in [5.74, 6) is 1.56. The number of carbonyl (C=O) groups is 1.